The zero-order valence-corrected chi connectivity index (χ0v) is 13.5. The van der Waals surface area contributed by atoms with Crippen molar-refractivity contribution in [1.29, 1.82) is 0 Å². The quantitative estimate of drug-likeness (QED) is 0.340. The van der Waals surface area contributed by atoms with Crippen molar-refractivity contribution in [3.63, 3.8) is 0 Å². The highest BCUT2D eigenvalue weighted by molar-refractivity contribution is 7.71. The number of aryl methyl sites for hydroxylation is 1. The predicted molar refractivity (Wildman–Crippen MR) is 93.7 cm³/mol. The number of nitro benzene ring substituents is 1. The summed E-state index contributed by atoms with van der Waals surface area (Å²) in [6, 6.07) is 14.0. The Morgan fingerprint density at radius 3 is 2.50 bits per heavy atom. The number of rotatable bonds is 4. The Hall–Kier alpha value is -3.13. The molecule has 120 valence electrons. The molecule has 0 radical (unpaired) electrons. The van der Waals surface area contributed by atoms with E-state index in [2.05, 4.69) is 15.3 Å². The van der Waals surface area contributed by atoms with Crippen molar-refractivity contribution in [2.45, 2.75) is 6.92 Å². The van der Waals surface area contributed by atoms with Crippen molar-refractivity contribution in [1.82, 2.24) is 14.9 Å². The lowest BCUT2D eigenvalue weighted by atomic mass is 10.1. The molecule has 0 saturated heterocycles. The van der Waals surface area contributed by atoms with Gasteiger partial charge in [-0.1, -0.05) is 29.8 Å². The monoisotopic (exact) mass is 339 g/mol. The van der Waals surface area contributed by atoms with E-state index in [1.54, 1.807) is 18.3 Å². The van der Waals surface area contributed by atoms with Crippen LogP contribution < -0.4 is 0 Å². The van der Waals surface area contributed by atoms with Crippen LogP contribution in [0.4, 0.5) is 5.69 Å². The van der Waals surface area contributed by atoms with Gasteiger partial charge in [0.1, 0.15) is 0 Å². The first-order valence-corrected chi connectivity index (χ1v) is 7.49. The van der Waals surface area contributed by atoms with Gasteiger partial charge in [0.05, 0.1) is 11.1 Å². The fraction of sp³-hybridized carbons (Fsp3) is 0.0625. The molecular weight excluding hydrogens is 326 g/mol. The number of nitro groups is 1. The second kappa shape index (κ2) is 6.55. The van der Waals surface area contributed by atoms with Gasteiger partial charge in [0.25, 0.3) is 5.69 Å². The van der Waals surface area contributed by atoms with E-state index in [1.807, 2.05) is 31.2 Å². The van der Waals surface area contributed by atoms with Crippen LogP contribution in [0.25, 0.3) is 11.4 Å². The SMILES string of the molecule is Cc1ccc(-c2n[nH]c(=S)n2N=Cc2ccc([N+](=O)[O-])cc2)cc1. The highest BCUT2D eigenvalue weighted by Crippen LogP contribution is 2.18. The molecule has 7 nitrogen and oxygen atoms in total. The first kappa shape index (κ1) is 15.8. The third-order valence-corrected chi connectivity index (χ3v) is 3.65. The molecule has 1 N–H and O–H groups in total. The molecule has 1 heterocycles. The van der Waals surface area contributed by atoms with E-state index in [1.165, 1.54) is 16.8 Å². The van der Waals surface area contributed by atoms with E-state index in [4.69, 9.17) is 12.2 Å². The van der Waals surface area contributed by atoms with Gasteiger partial charge in [-0.2, -0.15) is 14.9 Å². The summed E-state index contributed by atoms with van der Waals surface area (Å²) in [4.78, 5) is 10.2. The summed E-state index contributed by atoms with van der Waals surface area (Å²) in [5.74, 6) is 0.596. The Kier molecular flexibility index (Phi) is 4.30. The summed E-state index contributed by atoms with van der Waals surface area (Å²) in [6.07, 6.45) is 1.58. The van der Waals surface area contributed by atoms with E-state index in [-0.39, 0.29) is 5.69 Å². The molecule has 0 spiro atoms. The average molecular weight is 339 g/mol. The normalized spacial score (nSPS) is 11.0. The summed E-state index contributed by atoms with van der Waals surface area (Å²) in [5, 5.41) is 21.9. The molecule has 2 aromatic carbocycles. The highest BCUT2D eigenvalue weighted by atomic mass is 32.1. The summed E-state index contributed by atoms with van der Waals surface area (Å²) in [7, 11) is 0. The van der Waals surface area contributed by atoms with E-state index in [0.717, 1.165) is 16.7 Å². The van der Waals surface area contributed by atoms with E-state index >= 15 is 0 Å². The van der Waals surface area contributed by atoms with Gasteiger partial charge in [-0.05, 0) is 36.8 Å². The van der Waals surface area contributed by atoms with Crippen LogP contribution in [0.15, 0.2) is 53.6 Å². The molecule has 8 heteroatoms. The van der Waals surface area contributed by atoms with Crippen molar-refractivity contribution in [2.24, 2.45) is 5.10 Å². The lowest BCUT2D eigenvalue weighted by Crippen LogP contribution is -1.95. The molecule has 0 unspecified atom stereocenters. The van der Waals surface area contributed by atoms with Crippen LogP contribution in [-0.2, 0) is 0 Å². The lowest BCUT2D eigenvalue weighted by molar-refractivity contribution is -0.384. The molecule has 0 aliphatic heterocycles. The number of aromatic nitrogens is 3. The molecule has 0 atom stereocenters. The predicted octanol–water partition coefficient (Wildman–Crippen LogP) is 3.71. The van der Waals surface area contributed by atoms with Gasteiger partial charge in [0.2, 0.25) is 4.77 Å². The number of H-pyrrole nitrogens is 1. The van der Waals surface area contributed by atoms with Crippen LogP contribution in [0.1, 0.15) is 11.1 Å². The fourth-order valence-corrected chi connectivity index (χ4v) is 2.27. The summed E-state index contributed by atoms with van der Waals surface area (Å²) in [6.45, 7) is 2.01. The third-order valence-electron chi connectivity index (χ3n) is 3.39. The standard InChI is InChI=1S/C16H13N5O2S/c1-11-2-6-13(7-3-11)15-18-19-16(24)20(15)17-10-12-4-8-14(9-5-12)21(22)23/h2-10H,1H3,(H,19,24). The van der Waals surface area contributed by atoms with Gasteiger partial charge in [-0.3, -0.25) is 10.1 Å². The Morgan fingerprint density at radius 2 is 1.88 bits per heavy atom. The van der Waals surface area contributed by atoms with E-state index in [9.17, 15) is 10.1 Å². The second-order valence-electron chi connectivity index (χ2n) is 5.12. The molecular formula is C16H13N5O2S. The van der Waals surface area contributed by atoms with Crippen LogP contribution in [-0.4, -0.2) is 26.0 Å². The zero-order valence-electron chi connectivity index (χ0n) is 12.7. The molecule has 3 rings (SSSR count). The minimum Gasteiger partial charge on any atom is -0.258 e. The fourth-order valence-electron chi connectivity index (χ4n) is 2.09. The second-order valence-corrected chi connectivity index (χ2v) is 5.51. The molecule has 3 aromatic rings. The van der Waals surface area contributed by atoms with Crippen LogP contribution >= 0.6 is 12.2 Å². The minimum atomic E-state index is -0.442. The Bertz CT molecular complexity index is 955. The van der Waals surface area contributed by atoms with Crippen LogP contribution in [0, 0.1) is 21.8 Å². The van der Waals surface area contributed by atoms with Gasteiger partial charge >= 0.3 is 0 Å². The Morgan fingerprint density at radius 1 is 1.21 bits per heavy atom. The Labute approximate surface area is 142 Å². The van der Waals surface area contributed by atoms with Gasteiger partial charge in [-0.15, -0.1) is 0 Å². The maximum atomic E-state index is 10.7. The zero-order chi connectivity index (χ0) is 17.1. The smallest absolute Gasteiger partial charge is 0.258 e. The molecule has 0 amide bonds. The minimum absolute atomic E-state index is 0.0346. The van der Waals surface area contributed by atoms with E-state index in [0.29, 0.717) is 10.6 Å². The van der Waals surface area contributed by atoms with Crippen LogP contribution in [0.5, 0.6) is 0 Å². The van der Waals surface area contributed by atoms with Gasteiger partial charge in [0, 0.05) is 17.7 Å². The average Bonchev–Trinajstić information content (AvgIpc) is 2.95. The first-order valence-electron chi connectivity index (χ1n) is 7.08. The molecule has 1 aromatic heterocycles. The number of non-ortho nitro benzene ring substituents is 1. The van der Waals surface area contributed by atoms with Gasteiger partial charge in [0.15, 0.2) is 5.82 Å². The molecule has 24 heavy (non-hydrogen) atoms. The van der Waals surface area contributed by atoms with Crippen molar-refractivity contribution in [3.8, 4) is 11.4 Å². The molecule has 0 fully saturated rings. The highest BCUT2D eigenvalue weighted by Gasteiger charge is 2.08. The first-order chi connectivity index (χ1) is 11.5. The van der Waals surface area contributed by atoms with Crippen molar-refractivity contribution < 1.29 is 4.92 Å². The van der Waals surface area contributed by atoms with Crippen molar-refractivity contribution in [2.75, 3.05) is 0 Å². The maximum absolute atomic E-state index is 10.7. The van der Waals surface area contributed by atoms with Crippen molar-refractivity contribution >= 4 is 24.1 Å². The lowest BCUT2D eigenvalue weighted by Gasteiger charge is -2.01. The number of benzene rings is 2. The van der Waals surface area contributed by atoms with Crippen LogP contribution in [0.2, 0.25) is 0 Å². The molecule has 0 saturated carbocycles. The maximum Gasteiger partial charge on any atom is 0.269 e. The number of hydrogen-bond donors (Lipinski definition) is 1. The summed E-state index contributed by atoms with van der Waals surface area (Å²) < 4.78 is 1.88. The van der Waals surface area contributed by atoms with Crippen LogP contribution in [0.3, 0.4) is 0 Å². The van der Waals surface area contributed by atoms with E-state index < -0.39 is 4.92 Å². The topological polar surface area (TPSA) is 89.1 Å². The molecule has 0 aliphatic rings. The number of nitrogens with one attached hydrogen (secondary N) is 1. The number of hydrogen-bond acceptors (Lipinski definition) is 5. The molecule has 0 aliphatic carbocycles. The Balaban J connectivity index is 1.92. The summed E-state index contributed by atoms with van der Waals surface area (Å²) >= 11 is 5.21. The largest absolute Gasteiger partial charge is 0.269 e. The summed E-state index contributed by atoms with van der Waals surface area (Å²) in [5.41, 5.74) is 2.79. The molecule has 0 bridgehead atoms. The third kappa shape index (κ3) is 3.28. The number of nitrogens with zero attached hydrogens (tertiary/aromatic N) is 4. The van der Waals surface area contributed by atoms with Gasteiger partial charge in [-0.25, -0.2) is 5.10 Å². The number of aromatic amines is 1. The van der Waals surface area contributed by atoms with Gasteiger partial charge < -0.3 is 0 Å². The van der Waals surface area contributed by atoms with Crippen molar-refractivity contribution in [3.05, 3.63) is 74.5 Å².